The van der Waals surface area contributed by atoms with Gasteiger partial charge >= 0.3 is 0 Å². The maximum Gasteiger partial charge on any atom is 0.192 e. The summed E-state index contributed by atoms with van der Waals surface area (Å²) in [6.07, 6.45) is 2.59. The molecule has 0 unspecified atom stereocenters. The Labute approximate surface area is 129 Å². The molecule has 3 aliphatic rings. The molecule has 0 bridgehead atoms. The van der Waals surface area contributed by atoms with Gasteiger partial charge in [0.1, 0.15) is 17.8 Å². The topological polar surface area (TPSA) is 51.2 Å². The van der Waals surface area contributed by atoms with Gasteiger partial charge in [-0.2, -0.15) is 0 Å². The van der Waals surface area contributed by atoms with Crippen molar-refractivity contribution >= 4 is 8.32 Å². The molecule has 122 valence electrons. The summed E-state index contributed by atoms with van der Waals surface area (Å²) in [5, 5.41) is 11.1. The summed E-state index contributed by atoms with van der Waals surface area (Å²) < 4.78 is 18.4. The Hall–Kier alpha value is 0.0569. The number of fused-ring (bicyclic) bond motifs is 3. The second kappa shape index (κ2) is 4.77. The van der Waals surface area contributed by atoms with Gasteiger partial charge in [0.2, 0.25) is 0 Å². The van der Waals surface area contributed by atoms with Gasteiger partial charge in [0.05, 0.1) is 18.3 Å². The van der Waals surface area contributed by atoms with E-state index in [1.54, 1.807) is 0 Å². The summed E-state index contributed by atoms with van der Waals surface area (Å²) in [5.74, 6) is 0. The Morgan fingerprint density at radius 3 is 2.52 bits per heavy atom. The van der Waals surface area contributed by atoms with Crippen LogP contribution in [0.25, 0.3) is 0 Å². The molecule has 0 spiro atoms. The number of rotatable bonds is 2. The van der Waals surface area contributed by atoms with Gasteiger partial charge in [0, 0.05) is 6.42 Å². The van der Waals surface area contributed by atoms with E-state index in [0.29, 0.717) is 0 Å². The number of hydrogen-bond acceptors (Lipinski definition) is 4. The number of ether oxygens (including phenoxy) is 2. The predicted octanol–water partition coefficient (Wildman–Crippen LogP) is 2.85. The first-order valence-electron chi connectivity index (χ1n) is 8.26. The zero-order valence-electron chi connectivity index (χ0n) is 14.2. The molecular formula is C16H30O4Si. The number of aliphatic hydroxyl groups is 1. The zero-order chi connectivity index (χ0) is 15.6. The molecule has 2 aliphatic heterocycles. The van der Waals surface area contributed by atoms with Crippen molar-refractivity contribution in [3.63, 3.8) is 0 Å². The summed E-state index contributed by atoms with van der Waals surface area (Å²) in [5.41, 5.74) is -0.787. The first-order chi connectivity index (χ1) is 9.54. The molecule has 1 N–H and O–H groups in total. The van der Waals surface area contributed by atoms with Crippen LogP contribution in [0.3, 0.4) is 0 Å². The Balaban J connectivity index is 1.73. The molecule has 0 aromatic heterocycles. The molecule has 3 rings (SSSR count). The van der Waals surface area contributed by atoms with E-state index < -0.39 is 13.9 Å². The average molecular weight is 314 g/mol. The van der Waals surface area contributed by atoms with Crippen LogP contribution in [0.1, 0.15) is 47.0 Å². The number of epoxide rings is 1. The number of hydrogen-bond donors (Lipinski definition) is 1. The van der Waals surface area contributed by atoms with Gasteiger partial charge in [-0.25, -0.2) is 0 Å². The van der Waals surface area contributed by atoms with Gasteiger partial charge in [-0.05, 0) is 37.9 Å². The lowest BCUT2D eigenvalue weighted by atomic mass is 9.75. The van der Waals surface area contributed by atoms with E-state index >= 15 is 0 Å². The van der Waals surface area contributed by atoms with Gasteiger partial charge in [0.25, 0.3) is 0 Å². The van der Waals surface area contributed by atoms with Crippen molar-refractivity contribution in [2.45, 2.75) is 101 Å². The van der Waals surface area contributed by atoms with Gasteiger partial charge < -0.3 is 19.0 Å². The van der Waals surface area contributed by atoms with Crippen LogP contribution >= 0.6 is 0 Å². The summed E-state index contributed by atoms with van der Waals surface area (Å²) in [4.78, 5) is 0. The van der Waals surface area contributed by atoms with Crippen molar-refractivity contribution in [3.8, 4) is 0 Å². The molecule has 0 aromatic rings. The lowest BCUT2D eigenvalue weighted by Gasteiger charge is -2.47. The summed E-state index contributed by atoms with van der Waals surface area (Å²) >= 11 is 0. The largest absolute Gasteiger partial charge is 0.411 e. The normalized spacial score (nSPS) is 46.7. The lowest BCUT2D eigenvalue weighted by Crippen LogP contribution is -2.60. The minimum absolute atomic E-state index is 0.0670. The molecule has 0 amide bonds. The molecule has 0 aromatic carbocycles. The van der Waals surface area contributed by atoms with Crippen LogP contribution in [0.4, 0.5) is 0 Å². The zero-order valence-corrected chi connectivity index (χ0v) is 15.2. The second-order valence-electron chi connectivity index (χ2n) is 8.64. The van der Waals surface area contributed by atoms with Crippen molar-refractivity contribution in [1.29, 1.82) is 0 Å². The van der Waals surface area contributed by atoms with Crippen LogP contribution in [0.2, 0.25) is 18.1 Å². The molecule has 6 atom stereocenters. The van der Waals surface area contributed by atoms with E-state index in [2.05, 4.69) is 40.8 Å². The molecule has 1 aliphatic carbocycles. The third-order valence-corrected chi connectivity index (χ3v) is 10.5. The second-order valence-corrected chi connectivity index (χ2v) is 13.4. The van der Waals surface area contributed by atoms with Gasteiger partial charge in [-0.15, -0.1) is 0 Å². The van der Waals surface area contributed by atoms with Crippen LogP contribution in [-0.2, 0) is 13.9 Å². The third-order valence-electron chi connectivity index (χ3n) is 5.99. The molecule has 21 heavy (non-hydrogen) atoms. The third kappa shape index (κ3) is 2.61. The Morgan fingerprint density at radius 2 is 1.90 bits per heavy atom. The molecule has 2 heterocycles. The average Bonchev–Trinajstić information content (AvgIpc) is 3.11. The van der Waals surface area contributed by atoms with Crippen molar-refractivity contribution in [2.24, 2.45) is 0 Å². The molecular weight excluding hydrogens is 284 g/mol. The van der Waals surface area contributed by atoms with E-state index in [9.17, 15) is 5.11 Å². The van der Waals surface area contributed by atoms with Crippen molar-refractivity contribution < 1.29 is 19.0 Å². The van der Waals surface area contributed by atoms with Crippen LogP contribution in [0.15, 0.2) is 0 Å². The van der Waals surface area contributed by atoms with Crippen molar-refractivity contribution in [1.82, 2.24) is 0 Å². The summed E-state index contributed by atoms with van der Waals surface area (Å²) in [6, 6.07) is 0. The van der Waals surface area contributed by atoms with Crippen molar-refractivity contribution in [2.75, 3.05) is 0 Å². The Bertz CT molecular complexity index is 419. The minimum atomic E-state index is -1.82. The summed E-state index contributed by atoms with van der Waals surface area (Å²) in [6.45, 7) is 13.4. The highest BCUT2D eigenvalue weighted by Crippen LogP contribution is 2.51. The molecule has 4 nitrogen and oxygen atoms in total. The predicted molar refractivity (Wildman–Crippen MR) is 83.9 cm³/mol. The van der Waals surface area contributed by atoms with Crippen LogP contribution in [0.5, 0.6) is 0 Å². The van der Waals surface area contributed by atoms with E-state index in [4.69, 9.17) is 13.9 Å². The van der Waals surface area contributed by atoms with Crippen molar-refractivity contribution in [3.05, 3.63) is 0 Å². The summed E-state index contributed by atoms with van der Waals surface area (Å²) in [7, 11) is -1.82. The molecule has 0 radical (unpaired) electrons. The molecule has 3 fully saturated rings. The first-order valence-corrected chi connectivity index (χ1v) is 11.2. The fourth-order valence-electron chi connectivity index (χ4n) is 3.47. The highest BCUT2D eigenvalue weighted by Gasteiger charge is 2.67. The smallest absolute Gasteiger partial charge is 0.192 e. The quantitative estimate of drug-likeness (QED) is 0.629. The van der Waals surface area contributed by atoms with E-state index in [-0.39, 0.29) is 35.6 Å². The van der Waals surface area contributed by atoms with Gasteiger partial charge in [0.15, 0.2) is 8.32 Å². The fourth-order valence-corrected chi connectivity index (χ4v) is 4.81. The van der Waals surface area contributed by atoms with Crippen LogP contribution < -0.4 is 0 Å². The van der Waals surface area contributed by atoms with E-state index in [1.807, 2.05) is 0 Å². The SMILES string of the molecule is C[C@@H]1CC[C@@]2(O)[C@H](C[C@H](O[Si](C)(C)C(C)(C)C)[C@@H]3O[C@@H]32)O1. The van der Waals surface area contributed by atoms with Gasteiger partial charge in [-0.3, -0.25) is 0 Å². The first kappa shape index (κ1) is 15.9. The van der Waals surface area contributed by atoms with E-state index in [0.717, 1.165) is 19.3 Å². The highest BCUT2D eigenvalue weighted by molar-refractivity contribution is 6.74. The maximum absolute atomic E-state index is 10.9. The Morgan fingerprint density at radius 1 is 1.24 bits per heavy atom. The fraction of sp³-hybridized carbons (Fsp3) is 1.00. The monoisotopic (exact) mass is 314 g/mol. The molecule has 1 saturated carbocycles. The van der Waals surface area contributed by atoms with E-state index in [1.165, 1.54) is 0 Å². The van der Waals surface area contributed by atoms with Crippen LogP contribution in [-0.4, -0.2) is 49.5 Å². The Kier molecular flexibility index (Phi) is 3.62. The lowest BCUT2D eigenvalue weighted by molar-refractivity contribution is -0.194. The van der Waals surface area contributed by atoms with Gasteiger partial charge in [-0.1, -0.05) is 20.8 Å². The molecule has 5 heteroatoms. The highest BCUT2D eigenvalue weighted by atomic mass is 28.4. The standard InChI is InChI=1S/C16H30O4Si/c1-10-7-8-16(17)12(18-10)9-11(13-14(16)19-13)20-21(5,6)15(2,3)4/h10-14,17H,7-9H2,1-6H3/t10-,11+,12+,13+,14+,16-/m1/s1. The maximum atomic E-state index is 10.9. The van der Waals surface area contributed by atoms with Crippen LogP contribution in [0, 0.1) is 0 Å². The minimum Gasteiger partial charge on any atom is -0.411 e. The molecule has 2 saturated heterocycles.